The fourth-order valence-corrected chi connectivity index (χ4v) is 2.53. The van der Waals surface area contributed by atoms with E-state index < -0.39 is 12.0 Å². The highest BCUT2D eigenvalue weighted by molar-refractivity contribution is 6.02. The first kappa shape index (κ1) is 14.8. The first-order valence-electron chi connectivity index (χ1n) is 6.45. The second-order valence-corrected chi connectivity index (χ2v) is 4.85. The van der Waals surface area contributed by atoms with Gasteiger partial charge in [0.15, 0.2) is 5.84 Å². The molecule has 0 saturated heterocycles. The van der Waals surface area contributed by atoms with E-state index in [2.05, 4.69) is 5.16 Å². The largest absolute Gasteiger partial charge is 0.409 e. The van der Waals surface area contributed by atoms with Crippen LogP contribution in [-0.4, -0.2) is 46.1 Å². The van der Waals surface area contributed by atoms with Crippen LogP contribution < -0.4 is 5.73 Å². The minimum atomic E-state index is -0.617. The number of likely N-dealkylation sites (N-methyl/N-ethyl adjacent to an activating group) is 1. The summed E-state index contributed by atoms with van der Waals surface area (Å²) in [7, 11) is 1.68. The number of carbonyl (C=O) groups excluding carboxylic acids is 1. The van der Waals surface area contributed by atoms with Crippen LogP contribution in [0.2, 0.25) is 0 Å². The molecule has 1 aliphatic rings. The molecule has 0 spiro atoms. The standard InChI is InChI=1S/C12H23N3O3/c1-3-8(11(13)14-18)12(17)15(2)9-6-4-5-7-10(9)16/h8-10,16,18H,3-7H2,1-2H3,(H2,13,14). The van der Waals surface area contributed by atoms with E-state index in [1.54, 1.807) is 11.9 Å². The summed E-state index contributed by atoms with van der Waals surface area (Å²) in [5.41, 5.74) is 5.52. The average molecular weight is 257 g/mol. The molecule has 0 aliphatic heterocycles. The van der Waals surface area contributed by atoms with Gasteiger partial charge in [0.2, 0.25) is 5.91 Å². The highest BCUT2D eigenvalue weighted by Gasteiger charge is 2.33. The van der Waals surface area contributed by atoms with Gasteiger partial charge in [-0.3, -0.25) is 4.79 Å². The Balaban J connectivity index is 2.75. The zero-order chi connectivity index (χ0) is 13.7. The van der Waals surface area contributed by atoms with Crippen LogP contribution in [0, 0.1) is 5.92 Å². The summed E-state index contributed by atoms with van der Waals surface area (Å²) in [5, 5.41) is 21.5. The number of aliphatic hydroxyl groups is 1. The molecule has 0 aromatic heterocycles. The average Bonchev–Trinajstić information content (AvgIpc) is 2.38. The maximum atomic E-state index is 12.3. The molecule has 1 aliphatic carbocycles. The molecule has 0 bridgehead atoms. The Morgan fingerprint density at radius 2 is 2.11 bits per heavy atom. The molecule has 1 fully saturated rings. The number of amidine groups is 1. The van der Waals surface area contributed by atoms with Crippen LogP contribution in [0.3, 0.4) is 0 Å². The van der Waals surface area contributed by atoms with Gasteiger partial charge in [0.25, 0.3) is 0 Å². The number of nitrogens with two attached hydrogens (primary N) is 1. The lowest BCUT2D eigenvalue weighted by atomic mass is 9.90. The lowest BCUT2D eigenvalue weighted by Gasteiger charge is -2.36. The van der Waals surface area contributed by atoms with Crippen molar-refractivity contribution in [3.8, 4) is 0 Å². The van der Waals surface area contributed by atoms with E-state index in [0.717, 1.165) is 25.7 Å². The smallest absolute Gasteiger partial charge is 0.233 e. The van der Waals surface area contributed by atoms with Crippen LogP contribution in [0.4, 0.5) is 0 Å². The van der Waals surface area contributed by atoms with Crippen molar-refractivity contribution in [3.63, 3.8) is 0 Å². The lowest BCUT2D eigenvalue weighted by Crippen LogP contribution is -2.50. The SMILES string of the molecule is CCC(C(=O)N(C)C1CCCCC1O)C(N)=NO. The van der Waals surface area contributed by atoms with Gasteiger partial charge >= 0.3 is 0 Å². The number of amides is 1. The predicted molar refractivity (Wildman–Crippen MR) is 68.2 cm³/mol. The Morgan fingerprint density at radius 1 is 1.50 bits per heavy atom. The molecule has 0 aromatic rings. The van der Waals surface area contributed by atoms with Crippen molar-refractivity contribution in [2.45, 2.75) is 51.2 Å². The number of carbonyl (C=O) groups is 1. The number of hydrogen-bond donors (Lipinski definition) is 3. The molecule has 104 valence electrons. The maximum Gasteiger partial charge on any atom is 0.233 e. The van der Waals surface area contributed by atoms with E-state index in [9.17, 15) is 9.90 Å². The Hall–Kier alpha value is -1.30. The summed E-state index contributed by atoms with van der Waals surface area (Å²) in [5.74, 6) is -0.882. The highest BCUT2D eigenvalue weighted by atomic mass is 16.4. The minimum absolute atomic E-state index is 0.0698. The molecule has 0 heterocycles. The summed E-state index contributed by atoms with van der Waals surface area (Å²) < 4.78 is 0. The van der Waals surface area contributed by atoms with Gasteiger partial charge in [0, 0.05) is 7.05 Å². The highest BCUT2D eigenvalue weighted by Crippen LogP contribution is 2.24. The lowest BCUT2D eigenvalue weighted by molar-refractivity contribution is -0.137. The van der Waals surface area contributed by atoms with Crippen molar-refractivity contribution in [1.29, 1.82) is 0 Å². The fraction of sp³-hybridized carbons (Fsp3) is 0.833. The van der Waals surface area contributed by atoms with Crippen LogP contribution in [0.5, 0.6) is 0 Å². The van der Waals surface area contributed by atoms with Crippen molar-refractivity contribution < 1.29 is 15.1 Å². The van der Waals surface area contributed by atoms with Crippen molar-refractivity contribution in [3.05, 3.63) is 0 Å². The van der Waals surface area contributed by atoms with E-state index in [0.29, 0.717) is 6.42 Å². The van der Waals surface area contributed by atoms with Gasteiger partial charge in [-0.25, -0.2) is 0 Å². The molecule has 6 heteroatoms. The normalized spacial score (nSPS) is 26.7. The molecule has 1 saturated carbocycles. The van der Waals surface area contributed by atoms with Crippen LogP contribution in [-0.2, 0) is 4.79 Å². The fourth-order valence-electron chi connectivity index (χ4n) is 2.53. The quantitative estimate of drug-likeness (QED) is 0.296. The van der Waals surface area contributed by atoms with Crippen molar-refractivity contribution in [1.82, 2.24) is 4.90 Å². The number of rotatable bonds is 4. The Labute approximate surface area is 107 Å². The minimum Gasteiger partial charge on any atom is -0.409 e. The number of aliphatic hydroxyl groups excluding tert-OH is 1. The topological polar surface area (TPSA) is 99.2 Å². The zero-order valence-corrected chi connectivity index (χ0v) is 11.0. The van der Waals surface area contributed by atoms with Crippen LogP contribution in [0.1, 0.15) is 39.0 Å². The molecule has 3 atom stereocenters. The van der Waals surface area contributed by atoms with E-state index in [1.807, 2.05) is 6.92 Å². The van der Waals surface area contributed by atoms with E-state index in [1.165, 1.54) is 0 Å². The Kier molecular flexibility index (Phi) is 5.40. The van der Waals surface area contributed by atoms with Crippen molar-refractivity contribution in [2.24, 2.45) is 16.8 Å². The number of hydrogen-bond acceptors (Lipinski definition) is 4. The zero-order valence-electron chi connectivity index (χ0n) is 11.0. The van der Waals surface area contributed by atoms with Gasteiger partial charge in [-0.15, -0.1) is 0 Å². The first-order valence-corrected chi connectivity index (χ1v) is 6.45. The monoisotopic (exact) mass is 257 g/mol. The van der Waals surface area contributed by atoms with Crippen molar-refractivity contribution in [2.75, 3.05) is 7.05 Å². The molecular formula is C12H23N3O3. The molecule has 4 N–H and O–H groups in total. The number of nitrogens with zero attached hydrogens (tertiary/aromatic N) is 2. The molecule has 6 nitrogen and oxygen atoms in total. The van der Waals surface area contributed by atoms with Gasteiger partial charge in [-0.05, 0) is 19.3 Å². The van der Waals surface area contributed by atoms with Crippen molar-refractivity contribution >= 4 is 11.7 Å². The van der Waals surface area contributed by atoms with Gasteiger partial charge in [-0.2, -0.15) is 0 Å². The van der Waals surface area contributed by atoms with E-state index in [-0.39, 0.29) is 17.8 Å². The summed E-state index contributed by atoms with van der Waals surface area (Å²) in [6.45, 7) is 1.81. The van der Waals surface area contributed by atoms with E-state index >= 15 is 0 Å². The number of oxime groups is 1. The van der Waals surface area contributed by atoms with Crippen LogP contribution in [0.25, 0.3) is 0 Å². The third-order valence-corrected chi connectivity index (χ3v) is 3.72. The van der Waals surface area contributed by atoms with Crippen LogP contribution in [0.15, 0.2) is 5.16 Å². The van der Waals surface area contributed by atoms with Gasteiger partial charge < -0.3 is 20.9 Å². The maximum absolute atomic E-state index is 12.3. The second kappa shape index (κ2) is 6.58. The molecule has 1 amide bonds. The van der Waals surface area contributed by atoms with Gasteiger partial charge in [0.1, 0.15) is 0 Å². The Morgan fingerprint density at radius 3 is 2.61 bits per heavy atom. The van der Waals surface area contributed by atoms with Gasteiger partial charge in [0.05, 0.1) is 18.1 Å². The first-order chi connectivity index (χ1) is 8.52. The molecule has 3 unspecified atom stereocenters. The van der Waals surface area contributed by atoms with E-state index in [4.69, 9.17) is 10.9 Å². The summed E-state index contributed by atoms with van der Waals surface area (Å²) in [4.78, 5) is 13.8. The van der Waals surface area contributed by atoms with Crippen LogP contribution >= 0.6 is 0 Å². The Bertz CT molecular complexity index is 320. The predicted octanol–water partition coefficient (Wildman–Crippen LogP) is 0.521. The van der Waals surface area contributed by atoms with Gasteiger partial charge in [-0.1, -0.05) is 24.9 Å². The second-order valence-electron chi connectivity index (χ2n) is 4.85. The molecule has 18 heavy (non-hydrogen) atoms. The summed E-state index contributed by atoms with van der Waals surface area (Å²) >= 11 is 0. The third kappa shape index (κ3) is 3.13. The molecule has 0 radical (unpaired) electrons. The molecular weight excluding hydrogens is 234 g/mol. The molecule has 0 aromatic carbocycles. The molecule has 1 rings (SSSR count). The summed E-state index contributed by atoms with van der Waals surface area (Å²) in [6.07, 6.45) is 3.54. The summed E-state index contributed by atoms with van der Waals surface area (Å²) in [6, 6.07) is -0.160. The third-order valence-electron chi connectivity index (χ3n) is 3.72.